The summed E-state index contributed by atoms with van der Waals surface area (Å²) < 4.78 is 6.08. The Morgan fingerprint density at radius 2 is 1.49 bits per heavy atom. The van der Waals surface area contributed by atoms with Crippen LogP contribution in [0.5, 0.6) is 5.75 Å². The molecule has 1 N–H and O–H groups in total. The second-order valence-corrected chi connectivity index (χ2v) is 9.49. The van der Waals surface area contributed by atoms with E-state index in [1.54, 1.807) is 9.80 Å². The maximum absolute atomic E-state index is 13.8. The van der Waals surface area contributed by atoms with Crippen molar-refractivity contribution >= 4 is 29.2 Å². The van der Waals surface area contributed by atoms with Gasteiger partial charge in [0.15, 0.2) is 6.10 Å². The number of benzene rings is 2. The number of carbonyl (C=O) groups is 3. The van der Waals surface area contributed by atoms with E-state index in [-0.39, 0.29) is 30.3 Å². The number of urea groups is 1. The van der Waals surface area contributed by atoms with Crippen LogP contribution in [-0.2, 0) is 9.59 Å². The number of carbonyl (C=O) groups excluding carboxylic acids is 3. The minimum absolute atomic E-state index is 0.0514. The van der Waals surface area contributed by atoms with Gasteiger partial charge in [-0.25, -0.2) is 4.79 Å². The van der Waals surface area contributed by atoms with E-state index in [0.717, 1.165) is 44.5 Å². The van der Waals surface area contributed by atoms with Crippen LogP contribution < -0.4 is 15.0 Å². The summed E-state index contributed by atoms with van der Waals surface area (Å²) in [5.74, 6) is 0.109. The number of hydrogen-bond acceptors (Lipinski definition) is 4. The molecule has 0 bridgehead atoms. The number of ether oxygens (including phenoxy) is 1. The maximum atomic E-state index is 13.8. The van der Waals surface area contributed by atoms with E-state index in [4.69, 9.17) is 4.74 Å². The van der Waals surface area contributed by atoms with Crippen LogP contribution in [0.1, 0.15) is 32.1 Å². The van der Waals surface area contributed by atoms with E-state index >= 15 is 0 Å². The molecule has 2 atom stereocenters. The smallest absolute Gasteiger partial charge is 0.321 e. The molecule has 0 saturated carbocycles. The topological polar surface area (TPSA) is 82.2 Å². The van der Waals surface area contributed by atoms with Gasteiger partial charge in [-0.2, -0.15) is 0 Å². The third kappa shape index (κ3) is 5.11. The van der Waals surface area contributed by atoms with Crippen molar-refractivity contribution in [3.8, 4) is 5.75 Å². The Balaban J connectivity index is 1.30. The van der Waals surface area contributed by atoms with Gasteiger partial charge in [-0.1, -0.05) is 30.3 Å². The Hall–Kier alpha value is -3.55. The van der Waals surface area contributed by atoms with E-state index < -0.39 is 6.10 Å². The number of amides is 4. The monoisotopic (exact) mass is 476 g/mol. The van der Waals surface area contributed by atoms with Crippen molar-refractivity contribution in [2.45, 2.75) is 38.2 Å². The number of rotatable bonds is 3. The number of nitrogens with zero attached hydrogens (tertiary/aromatic N) is 3. The summed E-state index contributed by atoms with van der Waals surface area (Å²) in [5.41, 5.74) is 1.41. The lowest BCUT2D eigenvalue weighted by Crippen LogP contribution is -2.55. The molecule has 8 nitrogen and oxygen atoms in total. The lowest BCUT2D eigenvalue weighted by atomic mass is 9.95. The Kier molecular flexibility index (Phi) is 6.88. The normalized spacial score (nSPS) is 22.1. The third-order valence-electron chi connectivity index (χ3n) is 7.07. The minimum Gasteiger partial charge on any atom is -0.476 e. The molecule has 35 heavy (non-hydrogen) atoms. The van der Waals surface area contributed by atoms with Crippen LogP contribution in [0.3, 0.4) is 0 Å². The van der Waals surface area contributed by atoms with Crippen molar-refractivity contribution in [1.82, 2.24) is 9.80 Å². The number of nitrogens with one attached hydrogen (secondary N) is 1. The van der Waals surface area contributed by atoms with Gasteiger partial charge in [0.25, 0.3) is 5.91 Å². The van der Waals surface area contributed by atoms with Crippen molar-refractivity contribution in [2.75, 3.05) is 42.9 Å². The largest absolute Gasteiger partial charge is 0.476 e. The first-order valence-electron chi connectivity index (χ1n) is 12.6. The van der Waals surface area contributed by atoms with Crippen molar-refractivity contribution in [3.63, 3.8) is 0 Å². The van der Waals surface area contributed by atoms with Crippen molar-refractivity contribution < 1.29 is 19.1 Å². The second-order valence-electron chi connectivity index (χ2n) is 9.49. The second kappa shape index (κ2) is 10.4. The molecule has 4 amide bonds. The molecule has 2 aromatic carbocycles. The van der Waals surface area contributed by atoms with E-state index in [2.05, 4.69) is 5.32 Å². The molecule has 3 aliphatic heterocycles. The number of likely N-dealkylation sites (tertiary alicyclic amines) is 2. The van der Waals surface area contributed by atoms with Crippen LogP contribution in [-0.4, -0.2) is 66.5 Å². The molecular formula is C27H32N4O4. The number of para-hydroxylation sites is 3. The predicted octanol–water partition coefficient (Wildman–Crippen LogP) is 3.74. The average molecular weight is 477 g/mol. The van der Waals surface area contributed by atoms with Gasteiger partial charge in [0.05, 0.1) is 18.2 Å². The number of piperidine rings is 2. The molecular weight excluding hydrogens is 444 g/mol. The van der Waals surface area contributed by atoms with Crippen LogP contribution in [0.25, 0.3) is 0 Å². The zero-order valence-electron chi connectivity index (χ0n) is 19.9. The molecule has 2 saturated heterocycles. The Morgan fingerprint density at radius 1 is 0.771 bits per heavy atom. The van der Waals surface area contributed by atoms with E-state index in [0.29, 0.717) is 30.9 Å². The van der Waals surface area contributed by atoms with Crippen molar-refractivity contribution in [1.29, 1.82) is 0 Å². The minimum atomic E-state index is -0.715. The van der Waals surface area contributed by atoms with Gasteiger partial charge in [0.1, 0.15) is 5.75 Å². The first kappa shape index (κ1) is 23.2. The highest BCUT2D eigenvalue weighted by Crippen LogP contribution is 2.35. The van der Waals surface area contributed by atoms with Crippen LogP contribution >= 0.6 is 0 Å². The maximum Gasteiger partial charge on any atom is 0.321 e. The number of hydrogen-bond donors (Lipinski definition) is 1. The van der Waals surface area contributed by atoms with Gasteiger partial charge in [-0.3, -0.25) is 9.59 Å². The molecule has 8 heteroatoms. The number of fused-ring (bicyclic) bond motifs is 1. The van der Waals surface area contributed by atoms with Gasteiger partial charge in [-0.15, -0.1) is 0 Å². The van der Waals surface area contributed by atoms with Crippen molar-refractivity contribution in [3.05, 3.63) is 54.6 Å². The molecule has 0 spiro atoms. The molecule has 2 fully saturated rings. The van der Waals surface area contributed by atoms with Crippen LogP contribution in [0.4, 0.5) is 16.2 Å². The summed E-state index contributed by atoms with van der Waals surface area (Å²) in [7, 11) is 0. The Bertz CT molecular complexity index is 1070. The Morgan fingerprint density at radius 3 is 2.29 bits per heavy atom. The molecule has 5 rings (SSSR count). The molecule has 184 valence electrons. The molecule has 3 aliphatic rings. The lowest BCUT2D eigenvalue weighted by molar-refractivity contribution is -0.139. The first-order chi connectivity index (χ1) is 17.1. The van der Waals surface area contributed by atoms with Crippen LogP contribution in [0.2, 0.25) is 0 Å². The van der Waals surface area contributed by atoms with Gasteiger partial charge in [-0.05, 0) is 56.4 Å². The SMILES string of the molecule is O=C(Nc1ccccc1)N1CCC[C@H](C(=O)N2C[C@H](C(=O)N3CCCCC3)Oc3ccccc32)C1. The summed E-state index contributed by atoms with van der Waals surface area (Å²) in [6.07, 6.45) is 3.88. The zero-order chi connectivity index (χ0) is 24.2. The van der Waals surface area contributed by atoms with Gasteiger partial charge < -0.3 is 24.8 Å². The van der Waals surface area contributed by atoms with Gasteiger partial charge >= 0.3 is 6.03 Å². The van der Waals surface area contributed by atoms with Gasteiger partial charge in [0, 0.05) is 31.9 Å². The summed E-state index contributed by atoms with van der Waals surface area (Å²) in [6, 6.07) is 16.5. The molecule has 3 heterocycles. The number of anilines is 2. The zero-order valence-corrected chi connectivity index (χ0v) is 19.9. The lowest BCUT2D eigenvalue weighted by Gasteiger charge is -2.40. The van der Waals surface area contributed by atoms with Crippen LogP contribution in [0, 0.1) is 5.92 Å². The highest BCUT2D eigenvalue weighted by molar-refractivity contribution is 5.99. The summed E-state index contributed by atoms with van der Waals surface area (Å²) in [5, 5.41) is 2.92. The summed E-state index contributed by atoms with van der Waals surface area (Å²) in [4.78, 5) is 45.1. The van der Waals surface area contributed by atoms with E-state index in [1.165, 1.54) is 0 Å². The first-order valence-corrected chi connectivity index (χ1v) is 12.6. The third-order valence-corrected chi connectivity index (χ3v) is 7.07. The summed E-state index contributed by atoms with van der Waals surface area (Å²) >= 11 is 0. The van der Waals surface area contributed by atoms with E-state index in [9.17, 15) is 14.4 Å². The molecule has 0 aromatic heterocycles. The Labute approximate surface area is 205 Å². The highest BCUT2D eigenvalue weighted by atomic mass is 16.5. The molecule has 0 radical (unpaired) electrons. The molecule has 2 aromatic rings. The predicted molar refractivity (Wildman–Crippen MR) is 133 cm³/mol. The summed E-state index contributed by atoms with van der Waals surface area (Å²) in [6.45, 7) is 2.63. The standard InChI is InChI=1S/C27H32N4O4/c32-25(20-10-9-17-30(18-20)27(34)28-21-11-3-1-4-12-21)31-19-24(26(33)29-15-7-2-8-16-29)35-23-14-6-5-13-22(23)31/h1,3-6,11-14,20,24H,2,7-10,15-19H2,(H,28,34)/t20-,24+/m0/s1. The average Bonchev–Trinajstić information content (AvgIpc) is 2.92. The van der Waals surface area contributed by atoms with E-state index in [1.807, 2.05) is 59.5 Å². The quantitative estimate of drug-likeness (QED) is 0.732. The molecule has 0 unspecified atom stereocenters. The van der Waals surface area contributed by atoms with Crippen LogP contribution in [0.15, 0.2) is 54.6 Å². The van der Waals surface area contributed by atoms with Crippen molar-refractivity contribution in [2.24, 2.45) is 5.92 Å². The fraction of sp³-hybridized carbons (Fsp3) is 0.444. The fourth-order valence-corrected chi connectivity index (χ4v) is 5.20. The fourth-order valence-electron chi connectivity index (χ4n) is 5.20. The molecule has 0 aliphatic carbocycles. The highest BCUT2D eigenvalue weighted by Gasteiger charge is 2.39. The van der Waals surface area contributed by atoms with Gasteiger partial charge in [0.2, 0.25) is 5.91 Å².